The van der Waals surface area contributed by atoms with Crippen LogP contribution in [-0.2, 0) is 4.79 Å². The van der Waals surface area contributed by atoms with Crippen molar-refractivity contribution in [3.63, 3.8) is 0 Å². The first kappa shape index (κ1) is 15.5. The van der Waals surface area contributed by atoms with Crippen molar-refractivity contribution in [2.75, 3.05) is 5.75 Å². The molecule has 0 aromatic rings. The zero-order chi connectivity index (χ0) is 14.7. The first-order valence-corrected chi connectivity index (χ1v) is 8.52. The molecule has 0 aromatic heterocycles. The minimum absolute atomic E-state index is 0.00203. The fourth-order valence-corrected chi connectivity index (χ4v) is 4.60. The number of nitrogens with zero attached hydrogens (tertiary/aromatic N) is 1. The lowest BCUT2D eigenvalue weighted by Gasteiger charge is -2.29. The highest BCUT2D eigenvalue weighted by molar-refractivity contribution is 8.00. The third-order valence-corrected chi connectivity index (χ3v) is 5.67. The van der Waals surface area contributed by atoms with E-state index in [0.717, 1.165) is 32.1 Å². The molecule has 20 heavy (non-hydrogen) atoms. The molecule has 1 saturated carbocycles. The van der Waals surface area contributed by atoms with Crippen molar-refractivity contribution < 1.29 is 14.7 Å². The van der Waals surface area contributed by atoms with E-state index in [9.17, 15) is 14.7 Å². The number of carbonyl (C=O) groups excluding carboxylic acids is 1. The van der Waals surface area contributed by atoms with Gasteiger partial charge in [0, 0.05) is 11.8 Å². The zero-order valence-corrected chi connectivity index (χ0v) is 13.0. The number of carbonyl (C=O) groups is 2. The second-order valence-electron chi connectivity index (χ2n) is 5.80. The molecule has 0 aromatic carbocycles. The number of hydrogen-bond acceptors (Lipinski definition) is 3. The largest absolute Gasteiger partial charge is 0.480 e. The number of carboxylic acid groups (broad SMARTS) is 1. The minimum atomic E-state index is -0.897. The lowest BCUT2D eigenvalue weighted by molar-refractivity contribution is -0.141. The van der Waals surface area contributed by atoms with Gasteiger partial charge >= 0.3 is 12.0 Å². The summed E-state index contributed by atoms with van der Waals surface area (Å²) in [6.07, 6.45) is 5.09. The lowest BCUT2D eigenvalue weighted by atomic mass is 10.1. The third-order valence-electron chi connectivity index (χ3n) is 4.32. The van der Waals surface area contributed by atoms with Crippen LogP contribution < -0.4 is 5.32 Å². The number of nitrogens with one attached hydrogen (secondary N) is 1. The van der Waals surface area contributed by atoms with Gasteiger partial charge in [-0.25, -0.2) is 9.59 Å². The molecule has 4 unspecified atom stereocenters. The molecule has 1 aliphatic heterocycles. The predicted octanol–water partition coefficient (Wildman–Crippen LogP) is 2.51. The van der Waals surface area contributed by atoms with Gasteiger partial charge in [-0.1, -0.05) is 26.7 Å². The summed E-state index contributed by atoms with van der Waals surface area (Å²) in [7, 11) is 0. The fraction of sp³-hybridized carbons (Fsp3) is 0.857. The van der Waals surface area contributed by atoms with E-state index in [0.29, 0.717) is 11.7 Å². The number of hydrogen-bond donors (Lipinski definition) is 2. The molecule has 2 N–H and O–H groups in total. The van der Waals surface area contributed by atoms with E-state index >= 15 is 0 Å². The normalized spacial score (nSPS) is 33.4. The van der Waals surface area contributed by atoms with Gasteiger partial charge in [-0.2, -0.15) is 0 Å². The van der Waals surface area contributed by atoms with Crippen molar-refractivity contribution in [3.05, 3.63) is 0 Å². The molecular weight excluding hydrogens is 276 g/mol. The molecule has 1 saturated heterocycles. The quantitative estimate of drug-likeness (QED) is 0.837. The summed E-state index contributed by atoms with van der Waals surface area (Å²) in [5, 5.41) is 12.3. The summed E-state index contributed by atoms with van der Waals surface area (Å²) < 4.78 is 0. The maximum Gasteiger partial charge on any atom is 0.327 e. The number of rotatable bonds is 4. The molecule has 1 aliphatic carbocycles. The van der Waals surface area contributed by atoms with Crippen LogP contribution in [0.4, 0.5) is 4.79 Å². The van der Waals surface area contributed by atoms with Gasteiger partial charge in [0.2, 0.25) is 0 Å². The molecule has 4 atom stereocenters. The Hall–Kier alpha value is -0.910. The monoisotopic (exact) mass is 300 g/mol. The van der Waals surface area contributed by atoms with Gasteiger partial charge in [-0.3, -0.25) is 4.90 Å². The van der Waals surface area contributed by atoms with Crippen molar-refractivity contribution in [1.29, 1.82) is 0 Å². The Bertz CT molecular complexity index is 377. The van der Waals surface area contributed by atoms with Gasteiger partial charge < -0.3 is 10.4 Å². The van der Waals surface area contributed by atoms with Crippen LogP contribution >= 0.6 is 11.8 Å². The second-order valence-corrected chi connectivity index (χ2v) is 7.01. The van der Waals surface area contributed by atoms with Crippen molar-refractivity contribution in [1.82, 2.24) is 10.2 Å². The van der Waals surface area contributed by atoms with Gasteiger partial charge in [0.25, 0.3) is 0 Å². The van der Waals surface area contributed by atoms with Gasteiger partial charge in [-0.15, -0.1) is 11.8 Å². The van der Waals surface area contributed by atoms with Crippen molar-refractivity contribution in [3.8, 4) is 0 Å². The Morgan fingerprint density at radius 2 is 2.15 bits per heavy atom. The molecular formula is C14H24N2O3S. The molecule has 2 fully saturated rings. The molecule has 2 amide bonds. The topological polar surface area (TPSA) is 69.6 Å². The smallest absolute Gasteiger partial charge is 0.327 e. The highest BCUT2D eigenvalue weighted by Gasteiger charge is 2.42. The lowest BCUT2D eigenvalue weighted by Crippen LogP contribution is -2.52. The van der Waals surface area contributed by atoms with Crippen molar-refractivity contribution in [2.24, 2.45) is 5.92 Å². The van der Waals surface area contributed by atoms with Crippen LogP contribution in [0.1, 0.15) is 46.0 Å². The van der Waals surface area contributed by atoms with E-state index in [1.807, 2.05) is 0 Å². The van der Waals surface area contributed by atoms with E-state index < -0.39 is 12.0 Å². The van der Waals surface area contributed by atoms with E-state index in [4.69, 9.17) is 0 Å². The predicted molar refractivity (Wildman–Crippen MR) is 79.8 cm³/mol. The van der Waals surface area contributed by atoms with Crippen LogP contribution in [0.25, 0.3) is 0 Å². The molecule has 5 nitrogen and oxygen atoms in total. The summed E-state index contributed by atoms with van der Waals surface area (Å²) in [6, 6.07) is -0.683. The van der Waals surface area contributed by atoms with E-state index in [1.54, 1.807) is 16.7 Å². The Kier molecular flexibility index (Phi) is 5.18. The van der Waals surface area contributed by atoms with Gasteiger partial charge in [0.15, 0.2) is 0 Å². The maximum atomic E-state index is 12.5. The maximum absolute atomic E-state index is 12.5. The highest BCUT2D eigenvalue weighted by atomic mass is 32.2. The van der Waals surface area contributed by atoms with E-state index in [2.05, 4.69) is 19.2 Å². The first-order chi connectivity index (χ1) is 9.54. The molecule has 6 heteroatoms. The molecule has 0 radical (unpaired) electrons. The second kappa shape index (κ2) is 6.70. The molecule has 0 spiro atoms. The van der Waals surface area contributed by atoms with E-state index in [-0.39, 0.29) is 17.4 Å². The minimum Gasteiger partial charge on any atom is -0.480 e. The first-order valence-electron chi connectivity index (χ1n) is 7.47. The number of urea groups is 1. The molecule has 1 heterocycles. The van der Waals surface area contributed by atoms with Gasteiger partial charge in [-0.05, 0) is 25.2 Å². The number of carboxylic acids is 1. The van der Waals surface area contributed by atoms with Crippen LogP contribution in [0.5, 0.6) is 0 Å². The SMILES string of the molecule is CCCC1SCC(C(=O)O)N1C(=O)NC1CCCC1C. The summed E-state index contributed by atoms with van der Waals surface area (Å²) in [5.41, 5.74) is 0. The van der Waals surface area contributed by atoms with Crippen molar-refractivity contribution in [2.45, 2.75) is 63.4 Å². The van der Waals surface area contributed by atoms with Crippen LogP contribution in [0.15, 0.2) is 0 Å². The molecule has 2 rings (SSSR count). The summed E-state index contributed by atoms with van der Waals surface area (Å²) in [6.45, 7) is 4.21. The van der Waals surface area contributed by atoms with Crippen LogP contribution in [0, 0.1) is 5.92 Å². The summed E-state index contributed by atoms with van der Waals surface area (Å²) >= 11 is 1.58. The average molecular weight is 300 g/mol. The number of aliphatic carboxylic acids is 1. The Labute approximate surface area is 124 Å². The molecule has 2 aliphatic rings. The molecule has 0 bridgehead atoms. The fourth-order valence-electron chi connectivity index (χ4n) is 3.09. The summed E-state index contributed by atoms with van der Waals surface area (Å²) in [4.78, 5) is 25.4. The van der Waals surface area contributed by atoms with E-state index in [1.165, 1.54) is 0 Å². The highest BCUT2D eigenvalue weighted by Crippen LogP contribution is 2.33. The van der Waals surface area contributed by atoms with Crippen LogP contribution in [0.3, 0.4) is 0 Å². The zero-order valence-electron chi connectivity index (χ0n) is 12.2. The van der Waals surface area contributed by atoms with Crippen LogP contribution in [-0.4, -0.2) is 45.2 Å². The van der Waals surface area contributed by atoms with Gasteiger partial charge in [0.1, 0.15) is 6.04 Å². The van der Waals surface area contributed by atoms with Crippen LogP contribution in [0.2, 0.25) is 0 Å². The Balaban J connectivity index is 2.04. The summed E-state index contributed by atoms with van der Waals surface area (Å²) in [5.74, 6) is 0.0843. The Morgan fingerprint density at radius 3 is 2.70 bits per heavy atom. The molecule has 114 valence electrons. The Morgan fingerprint density at radius 1 is 1.40 bits per heavy atom. The van der Waals surface area contributed by atoms with Gasteiger partial charge in [0.05, 0.1) is 5.37 Å². The average Bonchev–Trinajstić information content (AvgIpc) is 2.97. The standard InChI is InChI=1S/C14H24N2O3S/c1-3-5-12-16(11(8-20-12)13(17)18)14(19)15-10-7-4-6-9(10)2/h9-12H,3-8H2,1-2H3,(H,15,19)(H,17,18). The number of thioether (sulfide) groups is 1. The third kappa shape index (κ3) is 3.22. The number of amides is 2. The van der Waals surface area contributed by atoms with Crippen molar-refractivity contribution >= 4 is 23.8 Å².